The quantitative estimate of drug-likeness (QED) is 0.280. The summed E-state index contributed by atoms with van der Waals surface area (Å²) in [6.07, 6.45) is 4.65. The van der Waals surface area contributed by atoms with Crippen LogP contribution in [0.4, 0.5) is 19.4 Å². The van der Waals surface area contributed by atoms with Crippen LogP contribution in [0.1, 0.15) is 30.0 Å². The van der Waals surface area contributed by atoms with Gasteiger partial charge in [-0.05, 0) is 49.6 Å². The van der Waals surface area contributed by atoms with Crippen LogP contribution in [0.15, 0.2) is 60.9 Å². The van der Waals surface area contributed by atoms with Crippen molar-refractivity contribution in [2.45, 2.75) is 37.9 Å². The number of likely N-dealkylation sites (tertiary alicyclic amines) is 1. The van der Waals surface area contributed by atoms with Gasteiger partial charge in [0.1, 0.15) is 11.5 Å². The van der Waals surface area contributed by atoms with Crippen molar-refractivity contribution in [3.05, 3.63) is 83.7 Å². The van der Waals surface area contributed by atoms with Gasteiger partial charge in [-0.3, -0.25) is 14.9 Å². The Hall–Kier alpha value is -4.60. The first kappa shape index (κ1) is 28.9. The van der Waals surface area contributed by atoms with E-state index in [1.807, 2.05) is 55.4 Å². The molecule has 1 unspecified atom stereocenters. The number of para-hydroxylation sites is 1. The molecule has 42 heavy (non-hydrogen) atoms. The Kier molecular flexibility index (Phi) is 8.61. The number of amides is 2. The number of nitriles is 1. The number of halogens is 2. The Bertz CT molecular complexity index is 1600. The summed E-state index contributed by atoms with van der Waals surface area (Å²) in [7, 11) is 3.41. The third-order valence-electron chi connectivity index (χ3n) is 7.58. The van der Waals surface area contributed by atoms with Crippen molar-refractivity contribution in [1.29, 1.82) is 5.26 Å². The molecule has 0 aliphatic carbocycles. The molecule has 3 heterocycles. The summed E-state index contributed by atoms with van der Waals surface area (Å²) < 4.78 is 36.8. The highest BCUT2D eigenvalue weighted by Gasteiger charge is 2.42. The average Bonchev–Trinajstić information content (AvgIpc) is 3.65. The Balaban J connectivity index is 1.47. The first-order valence-corrected chi connectivity index (χ1v) is 13.6. The molecule has 10 nitrogen and oxygen atoms in total. The van der Waals surface area contributed by atoms with Gasteiger partial charge in [-0.15, -0.1) is 0 Å². The van der Waals surface area contributed by atoms with Gasteiger partial charge in [-0.1, -0.05) is 24.3 Å². The highest BCUT2D eigenvalue weighted by molar-refractivity contribution is 5.91. The molecular weight excluding hydrogens is 542 g/mol. The lowest BCUT2D eigenvalue weighted by Gasteiger charge is -2.30. The van der Waals surface area contributed by atoms with E-state index in [2.05, 4.69) is 21.8 Å². The van der Waals surface area contributed by atoms with Crippen LogP contribution in [0.3, 0.4) is 0 Å². The molecule has 3 atom stereocenters. The van der Waals surface area contributed by atoms with Crippen LogP contribution >= 0.6 is 0 Å². The van der Waals surface area contributed by atoms with E-state index >= 15 is 0 Å². The van der Waals surface area contributed by atoms with E-state index in [9.17, 15) is 18.8 Å². The SMILES string of the molecule is COCCC1C[C@@H](NC(=O)Nc2c(C)c(-c3cnn(C)c3)nn2-c2ccccc2)[C@H](c2ccc(F)c(F)c2)N1CC#N. The number of urea groups is 1. The van der Waals surface area contributed by atoms with Crippen molar-refractivity contribution in [3.8, 4) is 23.0 Å². The minimum Gasteiger partial charge on any atom is -0.385 e. The van der Waals surface area contributed by atoms with Crippen LogP contribution in [0.25, 0.3) is 16.9 Å². The predicted molar refractivity (Wildman–Crippen MR) is 153 cm³/mol. The summed E-state index contributed by atoms with van der Waals surface area (Å²) in [6.45, 7) is 2.37. The molecule has 12 heteroatoms. The van der Waals surface area contributed by atoms with Crippen LogP contribution in [0.2, 0.25) is 0 Å². The summed E-state index contributed by atoms with van der Waals surface area (Å²) in [5, 5.41) is 24.7. The zero-order chi connectivity index (χ0) is 29.8. The second-order valence-corrected chi connectivity index (χ2v) is 10.3. The number of methoxy groups -OCH3 is 1. The van der Waals surface area contributed by atoms with Crippen molar-refractivity contribution < 1.29 is 18.3 Å². The number of nitrogens with zero attached hydrogens (tertiary/aromatic N) is 6. The van der Waals surface area contributed by atoms with Crippen molar-refractivity contribution in [1.82, 2.24) is 29.8 Å². The molecule has 0 radical (unpaired) electrons. The molecule has 2 N–H and O–H groups in total. The molecule has 2 amide bonds. The molecular formula is C30H32F2N8O2. The van der Waals surface area contributed by atoms with E-state index in [1.54, 1.807) is 22.7 Å². The number of rotatable bonds is 9. The lowest BCUT2D eigenvalue weighted by molar-refractivity contribution is 0.142. The first-order chi connectivity index (χ1) is 20.3. The fourth-order valence-electron chi connectivity index (χ4n) is 5.65. The fraction of sp³-hybridized carbons (Fsp3) is 0.333. The van der Waals surface area contributed by atoms with Gasteiger partial charge in [0.15, 0.2) is 11.6 Å². The topological polar surface area (TPSA) is 113 Å². The number of aromatic nitrogens is 4. The smallest absolute Gasteiger partial charge is 0.320 e. The number of aryl methyl sites for hydroxylation is 1. The van der Waals surface area contributed by atoms with E-state index in [4.69, 9.17) is 9.84 Å². The summed E-state index contributed by atoms with van der Waals surface area (Å²) >= 11 is 0. The first-order valence-electron chi connectivity index (χ1n) is 13.6. The number of hydrogen-bond acceptors (Lipinski definition) is 6. The van der Waals surface area contributed by atoms with Crippen molar-refractivity contribution in [2.75, 3.05) is 25.6 Å². The maximum absolute atomic E-state index is 14.3. The van der Waals surface area contributed by atoms with Crippen LogP contribution in [0, 0.1) is 29.9 Å². The molecule has 5 rings (SSSR count). The lowest BCUT2D eigenvalue weighted by atomic mass is 9.99. The van der Waals surface area contributed by atoms with Gasteiger partial charge >= 0.3 is 6.03 Å². The molecule has 1 aliphatic rings. The molecule has 1 fully saturated rings. The van der Waals surface area contributed by atoms with Gasteiger partial charge in [-0.25, -0.2) is 18.3 Å². The second kappa shape index (κ2) is 12.5. The zero-order valence-corrected chi connectivity index (χ0v) is 23.6. The Morgan fingerprint density at radius 2 is 1.98 bits per heavy atom. The minimum atomic E-state index is -0.988. The lowest BCUT2D eigenvalue weighted by Crippen LogP contribution is -2.42. The van der Waals surface area contributed by atoms with Crippen LogP contribution in [-0.4, -0.2) is 62.8 Å². The largest absolute Gasteiger partial charge is 0.385 e. The van der Waals surface area contributed by atoms with E-state index in [1.165, 1.54) is 6.07 Å². The monoisotopic (exact) mass is 574 g/mol. The van der Waals surface area contributed by atoms with Gasteiger partial charge in [0, 0.05) is 44.1 Å². The Morgan fingerprint density at radius 1 is 1.19 bits per heavy atom. The maximum Gasteiger partial charge on any atom is 0.320 e. The molecule has 0 saturated carbocycles. The molecule has 1 aliphatic heterocycles. The van der Waals surface area contributed by atoms with Gasteiger partial charge in [0.05, 0.1) is 36.6 Å². The Labute approximate surface area is 242 Å². The predicted octanol–water partition coefficient (Wildman–Crippen LogP) is 4.73. The third-order valence-corrected chi connectivity index (χ3v) is 7.58. The van der Waals surface area contributed by atoms with Gasteiger partial charge in [0.25, 0.3) is 0 Å². The number of carbonyl (C=O) groups excluding carboxylic acids is 1. The zero-order valence-electron chi connectivity index (χ0n) is 23.6. The molecule has 2 aromatic carbocycles. The van der Waals surface area contributed by atoms with Crippen molar-refractivity contribution in [2.24, 2.45) is 7.05 Å². The standard InChI is InChI=1S/C30H32F2N8O2/c1-19-27(21-17-34-38(2)18-21)37-40(22-7-5-4-6-8-22)29(19)36-30(41)35-26-16-23(11-14-42-3)39(13-12-33)28(26)20-9-10-24(31)25(32)15-20/h4-10,15,17-18,23,26,28H,11,13-14,16H2,1-3H3,(H2,35,36,41)/t23?,26-,28+/m1/s1. The Morgan fingerprint density at radius 3 is 2.64 bits per heavy atom. The minimum absolute atomic E-state index is 0.0478. The molecule has 2 aromatic heterocycles. The fourth-order valence-corrected chi connectivity index (χ4v) is 5.65. The number of nitrogens with one attached hydrogen (secondary N) is 2. The molecule has 4 aromatic rings. The second-order valence-electron chi connectivity index (χ2n) is 10.3. The maximum atomic E-state index is 14.3. The van der Waals surface area contributed by atoms with E-state index < -0.39 is 29.7 Å². The number of ether oxygens (including phenoxy) is 1. The number of anilines is 1. The normalized spacial score (nSPS) is 18.6. The van der Waals surface area contributed by atoms with E-state index in [-0.39, 0.29) is 12.6 Å². The van der Waals surface area contributed by atoms with Gasteiger partial charge < -0.3 is 10.1 Å². The van der Waals surface area contributed by atoms with Crippen LogP contribution < -0.4 is 10.6 Å². The van der Waals surface area contributed by atoms with Gasteiger partial charge in [-0.2, -0.15) is 15.5 Å². The third kappa shape index (κ3) is 5.88. The van der Waals surface area contributed by atoms with E-state index in [0.717, 1.165) is 28.9 Å². The highest BCUT2D eigenvalue weighted by Crippen LogP contribution is 2.38. The average molecular weight is 575 g/mol. The molecule has 0 bridgehead atoms. The highest BCUT2D eigenvalue weighted by atomic mass is 19.2. The van der Waals surface area contributed by atoms with Crippen LogP contribution in [-0.2, 0) is 11.8 Å². The van der Waals surface area contributed by atoms with Crippen LogP contribution in [0.5, 0.6) is 0 Å². The molecule has 218 valence electrons. The summed E-state index contributed by atoms with van der Waals surface area (Å²) in [5.41, 5.74) is 3.44. The van der Waals surface area contributed by atoms with Crippen molar-refractivity contribution in [3.63, 3.8) is 0 Å². The summed E-state index contributed by atoms with van der Waals surface area (Å²) in [6, 6.07) is 13.6. The number of hydrogen-bond donors (Lipinski definition) is 2. The number of carbonyl (C=O) groups is 1. The summed E-state index contributed by atoms with van der Waals surface area (Å²) in [5.74, 6) is -1.47. The number of benzene rings is 2. The van der Waals surface area contributed by atoms with E-state index in [0.29, 0.717) is 36.5 Å². The summed E-state index contributed by atoms with van der Waals surface area (Å²) in [4.78, 5) is 15.5. The van der Waals surface area contributed by atoms with Gasteiger partial charge in [0.2, 0.25) is 0 Å². The molecule has 0 spiro atoms. The molecule has 1 saturated heterocycles. The van der Waals surface area contributed by atoms with Crippen molar-refractivity contribution >= 4 is 11.8 Å².